The van der Waals surface area contributed by atoms with Crippen molar-refractivity contribution in [2.45, 2.75) is 63.6 Å². The molecule has 1 N–H and O–H groups in total. The molecule has 0 aromatic heterocycles. The van der Waals surface area contributed by atoms with Gasteiger partial charge in [-0.3, -0.25) is 0 Å². The van der Waals surface area contributed by atoms with E-state index in [1.165, 1.54) is 12.2 Å². The number of hydrogen-bond donors (Lipinski definition) is 1. The third kappa shape index (κ3) is 4.04. The standard InChI is InChI=1S/C12H21F3O3Si/c1-11(2,3)19(4,5)18-8-6-7-9(16)17-10(8)12(13,14)15/h6-10,16H,1-5H3/t8-,9?,10-/m0/s1. The molecule has 3 atom stereocenters. The van der Waals surface area contributed by atoms with E-state index >= 15 is 0 Å². The number of aliphatic hydroxyl groups excluding tert-OH is 1. The van der Waals surface area contributed by atoms with Gasteiger partial charge in [-0.2, -0.15) is 13.2 Å². The highest BCUT2D eigenvalue weighted by Crippen LogP contribution is 2.40. The van der Waals surface area contributed by atoms with Gasteiger partial charge in [0.15, 0.2) is 20.7 Å². The Morgan fingerprint density at radius 2 is 1.68 bits per heavy atom. The zero-order valence-electron chi connectivity index (χ0n) is 11.8. The second kappa shape index (κ2) is 5.20. The lowest BCUT2D eigenvalue weighted by atomic mass is 10.1. The third-order valence-corrected chi connectivity index (χ3v) is 8.08. The summed E-state index contributed by atoms with van der Waals surface area (Å²) < 4.78 is 49.0. The van der Waals surface area contributed by atoms with Gasteiger partial charge in [0.1, 0.15) is 0 Å². The molecule has 1 aliphatic heterocycles. The summed E-state index contributed by atoms with van der Waals surface area (Å²) in [5.74, 6) is 0. The van der Waals surface area contributed by atoms with Crippen LogP contribution in [0.3, 0.4) is 0 Å². The smallest absolute Gasteiger partial charge is 0.408 e. The highest BCUT2D eigenvalue weighted by molar-refractivity contribution is 6.74. The summed E-state index contributed by atoms with van der Waals surface area (Å²) in [6.45, 7) is 9.59. The predicted molar refractivity (Wildman–Crippen MR) is 68.1 cm³/mol. The van der Waals surface area contributed by atoms with Crippen molar-refractivity contribution in [3.05, 3.63) is 12.2 Å². The van der Waals surface area contributed by atoms with Gasteiger partial charge in [0, 0.05) is 0 Å². The Morgan fingerprint density at radius 3 is 2.11 bits per heavy atom. The maximum absolute atomic E-state index is 12.9. The van der Waals surface area contributed by atoms with Crippen LogP contribution in [0.1, 0.15) is 20.8 Å². The molecular weight excluding hydrogens is 277 g/mol. The zero-order chi connectivity index (χ0) is 15.1. The van der Waals surface area contributed by atoms with Crippen LogP contribution in [0, 0.1) is 0 Å². The van der Waals surface area contributed by atoms with Gasteiger partial charge in [-0.25, -0.2) is 0 Å². The van der Waals surface area contributed by atoms with Crippen molar-refractivity contribution in [3.63, 3.8) is 0 Å². The minimum absolute atomic E-state index is 0.201. The number of rotatable bonds is 2. The first-order valence-corrected chi connectivity index (χ1v) is 9.02. The van der Waals surface area contributed by atoms with Gasteiger partial charge in [-0.15, -0.1) is 0 Å². The molecule has 19 heavy (non-hydrogen) atoms. The second-order valence-corrected chi connectivity index (χ2v) is 11.0. The molecule has 3 nitrogen and oxygen atoms in total. The molecule has 0 radical (unpaired) electrons. The molecular formula is C12H21F3O3Si. The number of halogens is 3. The Labute approximate surface area is 112 Å². The van der Waals surface area contributed by atoms with Crippen LogP contribution in [-0.4, -0.2) is 38.1 Å². The molecule has 0 aliphatic carbocycles. The summed E-state index contributed by atoms with van der Waals surface area (Å²) in [6.07, 6.45) is -7.01. The van der Waals surface area contributed by atoms with E-state index in [0.29, 0.717) is 0 Å². The van der Waals surface area contributed by atoms with E-state index in [2.05, 4.69) is 4.74 Å². The van der Waals surface area contributed by atoms with E-state index in [1.54, 1.807) is 0 Å². The lowest BCUT2D eigenvalue weighted by Gasteiger charge is -2.42. The van der Waals surface area contributed by atoms with Crippen molar-refractivity contribution in [2.24, 2.45) is 0 Å². The molecule has 0 amide bonds. The Balaban J connectivity index is 2.94. The minimum atomic E-state index is -4.57. The predicted octanol–water partition coefficient (Wildman–Crippen LogP) is 3.21. The van der Waals surface area contributed by atoms with Gasteiger partial charge in [-0.1, -0.05) is 26.8 Å². The maximum Gasteiger partial charge on any atom is 0.417 e. The summed E-state index contributed by atoms with van der Waals surface area (Å²) in [6, 6.07) is 0. The molecule has 1 rings (SSSR count). The van der Waals surface area contributed by atoms with Crippen molar-refractivity contribution in [1.29, 1.82) is 0 Å². The fourth-order valence-electron chi connectivity index (χ4n) is 1.46. The Bertz CT molecular complexity index is 347. The first kappa shape index (κ1) is 16.7. The molecule has 0 bridgehead atoms. The van der Waals surface area contributed by atoms with Gasteiger partial charge in [0.25, 0.3) is 0 Å². The van der Waals surface area contributed by atoms with Crippen molar-refractivity contribution in [1.82, 2.24) is 0 Å². The maximum atomic E-state index is 12.9. The highest BCUT2D eigenvalue weighted by Gasteiger charge is 2.51. The fourth-order valence-corrected chi connectivity index (χ4v) is 2.70. The molecule has 0 aromatic carbocycles. The van der Waals surface area contributed by atoms with Gasteiger partial charge in [0.2, 0.25) is 0 Å². The van der Waals surface area contributed by atoms with Crippen LogP contribution in [0.5, 0.6) is 0 Å². The van der Waals surface area contributed by atoms with Crippen LogP contribution < -0.4 is 0 Å². The van der Waals surface area contributed by atoms with Crippen molar-refractivity contribution in [3.8, 4) is 0 Å². The van der Waals surface area contributed by atoms with Crippen LogP contribution in [0.4, 0.5) is 13.2 Å². The molecule has 1 unspecified atom stereocenters. The average molecular weight is 298 g/mol. The van der Waals surface area contributed by atoms with Crippen LogP contribution in [0.25, 0.3) is 0 Å². The Morgan fingerprint density at radius 1 is 1.16 bits per heavy atom. The molecule has 1 heterocycles. The molecule has 112 valence electrons. The minimum Gasteiger partial charge on any atom is -0.408 e. The second-order valence-electron chi connectivity index (χ2n) is 6.22. The van der Waals surface area contributed by atoms with Crippen molar-refractivity contribution in [2.75, 3.05) is 0 Å². The van der Waals surface area contributed by atoms with E-state index in [1.807, 2.05) is 33.9 Å². The highest BCUT2D eigenvalue weighted by atomic mass is 28.4. The van der Waals surface area contributed by atoms with Crippen LogP contribution >= 0.6 is 0 Å². The third-order valence-electron chi connectivity index (χ3n) is 3.61. The SMILES string of the molecule is CC(C)(C)[Si](C)(C)O[C@H]1C=CC(O)O[C@@H]1C(F)(F)F. The monoisotopic (exact) mass is 298 g/mol. The number of hydrogen-bond acceptors (Lipinski definition) is 3. The van der Waals surface area contributed by atoms with Crippen LogP contribution in [0.2, 0.25) is 18.1 Å². The quantitative estimate of drug-likeness (QED) is 0.628. The zero-order valence-corrected chi connectivity index (χ0v) is 12.8. The summed E-state index contributed by atoms with van der Waals surface area (Å²) in [4.78, 5) is 0. The molecule has 0 saturated heterocycles. The van der Waals surface area contributed by atoms with E-state index in [9.17, 15) is 13.2 Å². The summed E-state index contributed by atoms with van der Waals surface area (Å²) in [7, 11) is -2.35. The largest absolute Gasteiger partial charge is 0.417 e. The number of ether oxygens (including phenoxy) is 1. The van der Waals surface area contributed by atoms with Gasteiger partial charge in [-0.05, 0) is 24.2 Å². The van der Waals surface area contributed by atoms with E-state index in [0.717, 1.165) is 0 Å². The van der Waals surface area contributed by atoms with Crippen molar-refractivity contribution >= 4 is 8.32 Å². The van der Waals surface area contributed by atoms with Gasteiger partial charge < -0.3 is 14.3 Å². The lowest BCUT2D eigenvalue weighted by molar-refractivity contribution is -0.273. The molecule has 7 heteroatoms. The topological polar surface area (TPSA) is 38.7 Å². The van der Waals surface area contributed by atoms with E-state index in [-0.39, 0.29) is 5.04 Å². The Hall–Kier alpha value is -0.373. The van der Waals surface area contributed by atoms with E-state index in [4.69, 9.17) is 9.53 Å². The molecule has 1 aliphatic rings. The summed E-state index contributed by atoms with van der Waals surface area (Å²) >= 11 is 0. The average Bonchev–Trinajstić information content (AvgIpc) is 2.17. The number of alkyl halides is 3. The van der Waals surface area contributed by atoms with Crippen molar-refractivity contribution < 1.29 is 27.4 Å². The Kier molecular flexibility index (Phi) is 4.56. The van der Waals surface area contributed by atoms with Crippen LogP contribution in [-0.2, 0) is 9.16 Å². The van der Waals surface area contributed by atoms with E-state index < -0.39 is 33.0 Å². The summed E-state index contributed by atoms with van der Waals surface area (Å²) in [5, 5.41) is 8.96. The van der Waals surface area contributed by atoms with Crippen LogP contribution in [0.15, 0.2) is 12.2 Å². The fraction of sp³-hybridized carbons (Fsp3) is 0.833. The first-order chi connectivity index (χ1) is 8.34. The molecule has 0 saturated carbocycles. The molecule has 0 spiro atoms. The van der Waals surface area contributed by atoms with Gasteiger partial charge in [0.05, 0.1) is 6.10 Å². The van der Waals surface area contributed by atoms with Gasteiger partial charge >= 0.3 is 6.18 Å². The summed E-state index contributed by atoms with van der Waals surface area (Å²) in [5.41, 5.74) is 0. The number of aliphatic hydroxyl groups is 1. The lowest BCUT2D eigenvalue weighted by Crippen LogP contribution is -2.53. The molecule has 0 fully saturated rings. The first-order valence-electron chi connectivity index (χ1n) is 6.11. The normalized spacial score (nSPS) is 29.6. The molecule has 0 aromatic rings.